The molecular formula is C15H28N2O2. The maximum Gasteiger partial charge on any atom is 0.230 e. The molecule has 2 rings (SSSR count). The number of carbonyl (C=O) groups excluding carboxylic acids is 1. The first-order valence-electron chi connectivity index (χ1n) is 7.75. The molecule has 0 saturated heterocycles. The van der Waals surface area contributed by atoms with Gasteiger partial charge in [0.2, 0.25) is 5.91 Å². The van der Waals surface area contributed by atoms with Gasteiger partial charge in [-0.1, -0.05) is 26.2 Å². The first-order valence-corrected chi connectivity index (χ1v) is 7.75. The molecule has 110 valence electrons. The Hall–Kier alpha value is -0.610. The number of nitrogens with two attached hydrogens (primary N) is 1. The van der Waals surface area contributed by atoms with Crippen LogP contribution in [0.4, 0.5) is 0 Å². The largest absolute Gasteiger partial charge is 0.395 e. The Morgan fingerprint density at radius 3 is 2.42 bits per heavy atom. The van der Waals surface area contributed by atoms with E-state index < -0.39 is 0 Å². The lowest BCUT2D eigenvalue weighted by Gasteiger charge is -2.48. The Morgan fingerprint density at radius 1 is 1.32 bits per heavy atom. The summed E-state index contributed by atoms with van der Waals surface area (Å²) < 4.78 is 0. The van der Waals surface area contributed by atoms with Crippen molar-refractivity contribution in [3.63, 3.8) is 0 Å². The quantitative estimate of drug-likeness (QED) is 0.794. The van der Waals surface area contributed by atoms with Crippen molar-refractivity contribution >= 4 is 5.91 Å². The van der Waals surface area contributed by atoms with Gasteiger partial charge in [-0.15, -0.1) is 0 Å². The molecule has 4 nitrogen and oxygen atoms in total. The van der Waals surface area contributed by atoms with Gasteiger partial charge in [0.05, 0.1) is 12.0 Å². The lowest BCUT2D eigenvalue weighted by molar-refractivity contribution is -0.153. The van der Waals surface area contributed by atoms with Crippen molar-refractivity contribution < 1.29 is 9.90 Å². The van der Waals surface area contributed by atoms with E-state index >= 15 is 0 Å². The second-order valence-electron chi connectivity index (χ2n) is 6.51. The van der Waals surface area contributed by atoms with Gasteiger partial charge in [-0.3, -0.25) is 4.79 Å². The van der Waals surface area contributed by atoms with Crippen molar-refractivity contribution in [1.29, 1.82) is 0 Å². The lowest BCUT2D eigenvalue weighted by atomic mass is 9.61. The maximum atomic E-state index is 12.8. The summed E-state index contributed by atoms with van der Waals surface area (Å²) >= 11 is 0. The van der Waals surface area contributed by atoms with E-state index in [2.05, 4.69) is 6.92 Å². The molecule has 2 aliphatic carbocycles. The predicted molar refractivity (Wildman–Crippen MR) is 75.6 cm³/mol. The van der Waals surface area contributed by atoms with Crippen LogP contribution in [-0.2, 0) is 4.79 Å². The van der Waals surface area contributed by atoms with Crippen LogP contribution in [0.5, 0.6) is 0 Å². The standard InChI is InChI=1S/C15H28N2O2/c1-12-9-15(10-12,11-16)14(19)17(7-8-18)13-5-3-2-4-6-13/h12-13,18H,2-11,16H2,1H3. The molecule has 0 heterocycles. The van der Waals surface area contributed by atoms with Crippen LogP contribution < -0.4 is 5.73 Å². The third kappa shape index (κ3) is 2.95. The van der Waals surface area contributed by atoms with Gasteiger partial charge >= 0.3 is 0 Å². The molecule has 0 aromatic carbocycles. The molecule has 2 fully saturated rings. The van der Waals surface area contributed by atoms with Gasteiger partial charge in [0.1, 0.15) is 0 Å². The predicted octanol–water partition coefficient (Wildman–Crippen LogP) is 1.51. The third-order valence-corrected chi connectivity index (χ3v) is 4.94. The zero-order chi connectivity index (χ0) is 13.9. The smallest absolute Gasteiger partial charge is 0.230 e. The van der Waals surface area contributed by atoms with Crippen LogP contribution in [0.25, 0.3) is 0 Å². The fourth-order valence-electron chi connectivity index (χ4n) is 3.96. The van der Waals surface area contributed by atoms with Crippen LogP contribution in [-0.4, -0.2) is 41.7 Å². The second-order valence-corrected chi connectivity index (χ2v) is 6.51. The number of amides is 1. The average molecular weight is 268 g/mol. The number of carbonyl (C=O) groups is 1. The monoisotopic (exact) mass is 268 g/mol. The fraction of sp³-hybridized carbons (Fsp3) is 0.933. The second kappa shape index (κ2) is 6.23. The van der Waals surface area contributed by atoms with E-state index in [1.807, 2.05) is 4.90 Å². The number of hydrogen-bond donors (Lipinski definition) is 2. The van der Waals surface area contributed by atoms with Crippen LogP contribution in [0.2, 0.25) is 0 Å². The summed E-state index contributed by atoms with van der Waals surface area (Å²) in [7, 11) is 0. The molecule has 0 atom stereocenters. The number of nitrogens with zero attached hydrogens (tertiary/aromatic N) is 1. The van der Waals surface area contributed by atoms with Gasteiger partial charge < -0.3 is 15.7 Å². The van der Waals surface area contributed by atoms with Gasteiger partial charge in [0.15, 0.2) is 0 Å². The number of aliphatic hydroxyl groups is 1. The summed E-state index contributed by atoms with van der Waals surface area (Å²) in [6, 6.07) is 0.327. The molecular weight excluding hydrogens is 240 g/mol. The van der Waals surface area contributed by atoms with Crippen LogP contribution >= 0.6 is 0 Å². The molecule has 4 heteroatoms. The van der Waals surface area contributed by atoms with Crippen molar-refractivity contribution in [2.24, 2.45) is 17.1 Å². The molecule has 0 radical (unpaired) electrons. The Bertz CT molecular complexity index is 307. The topological polar surface area (TPSA) is 66.6 Å². The van der Waals surface area contributed by atoms with Crippen molar-refractivity contribution in [1.82, 2.24) is 4.90 Å². The molecule has 0 aliphatic heterocycles. The molecule has 0 bridgehead atoms. The molecule has 19 heavy (non-hydrogen) atoms. The molecule has 0 unspecified atom stereocenters. The van der Waals surface area contributed by atoms with E-state index in [1.54, 1.807) is 0 Å². The summed E-state index contributed by atoms with van der Waals surface area (Å²) in [5.41, 5.74) is 5.56. The molecule has 0 spiro atoms. The molecule has 1 amide bonds. The summed E-state index contributed by atoms with van der Waals surface area (Å²) in [4.78, 5) is 14.8. The van der Waals surface area contributed by atoms with Crippen LogP contribution in [0, 0.1) is 11.3 Å². The van der Waals surface area contributed by atoms with Crippen LogP contribution in [0.15, 0.2) is 0 Å². The Morgan fingerprint density at radius 2 is 1.95 bits per heavy atom. The van der Waals surface area contributed by atoms with Gasteiger partial charge in [-0.05, 0) is 31.6 Å². The number of aliphatic hydroxyl groups excluding tert-OH is 1. The van der Waals surface area contributed by atoms with Crippen molar-refractivity contribution in [2.75, 3.05) is 19.7 Å². The van der Waals surface area contributed by atoms with Gasteiger partial charge in [0, 0.05) is 19.1 Å². The Labute approximate surface area is 116 Å². The van der Waals surface area contributed by atoms with Crippen molar-refractivity contribution in [2.45, 2.75) is 57.9 Å². The minimum absolute atomic E-state index is 0.0540. The fourth-order valence-corrected chi connectivity index (χ4v) is 3.96. The van der Waals surface area contributed by atoms with Crippen LogP contribution in [0.3, 0.4) is 0 Å². The highest BCUT2D eigenvalue weighted by Gasteiger charge is 2.49. The van der Waals surface area contributed by atoms with Gasteiger partial charge in [0.25, 0.3) is 0 Å². The van der Waals surface area contributed by atoms with E-state index in [9.17, 15) is 9.90 Å². The van der Waals surface area contributed by atoms with Gasteiger partial charge in [-0.2, -0.15) is 0 Å². The van der Waals surface area contributed by atoms with E-state index in [-0.39, 0.29) is 17.9 Å². The lowest BCUT2D eigenvalue weighted by Crippen LogP contribution is -2.57. The van der Waals surface area contributed by atoms with E-state index in [0.29, 0.717) is 25.0 Å². The summed E-state index contributed by atoms with van der Waals surface area (Å²) in [5.74, 6) is 0.809. The summed E-state index contributed by atoms with van der Waals surface area (Å²) in [6.07, 6.45) is 7.67. The Kier molecular flexibility index (Phi) is 4.85. The summed E-state index contributed by atoms with van der Waals surface area (Å²) in [6.45, 7) is 3.15. The number of rotatable bonds is 5. The number of hydrogen-bond acceptors (Lipinski definition) is 3. The van der Waals surface area contributed by atoms with Crippen molar-refractivity contribution in [3.05, 3.63) is 0 Å². The zero-order valence-electron chi connectivity index (χ0n) is 12.1. The normalized spacial score (nSPS) is 31.8. The maximum absolute atomic E-state index is 12.8. The highest BCUT2D eigenvalue weighted by molar-refractivity contribution is 5.84. The van der Waals surface area contributed by atoms with Crippen molar-refractivity contribution in [3.8, 4) is 0 Å². The molecule has 0 aromatic heterocycles. The Balaban J connectivity index is 2.07. The van der Waals surface area contributed by atoms with E-state index in [1.165, 1.54) is 19.3 Å². The average Bonchev–Trinajstić information content (AvgIpc) is 2.41. The minimum atomic E-state index is -0.327. The first kappa shape index (κ1) is 14.8. The zero-order valence-corrected chi connectivity index (χ0v) is 12.1. The molecule has 2 aliphatic rings. The SMILES string of the molecule is CC1CC(CN)(C(=O)N(CCO)C2CCCCC2)C1. The summed E-state index contributed by atoms with van der Waals surface area (Å²) in [5, 5.41) is 9.27. The molecule has 2 saturated carbocycles. The molecule has 3 N–H and O–H groups in total. The molecule has 0 aromatic rings. The minimum Gasteiger partial charge on any atom is -0.395 e. The highest BCUT2D eigenvalue weighted by atomic mass is 16.3. The third-order valence-electron chi connectivity index (χ3n) is 4.94. The van der Waals surface area contributed by atoms with Crippen LogP contribution in [0.1, 0.15) is 51.9 Å². The van der Waals surface area contributed by atoms with E-state index in [4.69, 9.17) is 5.73 Å². The first-order chi connectivity index (χ1) is 9.13. The van der Waals surface area contributed by atoms with E-state index in [0.717, 1.165) is 25.7 Å². The van der Waals surface area contributed by atoms with Gasteiger partial charge in [-0.25, -0.2) is 0 Å². The highest BCUT2D eigenvalue weighted by Crippen LogP contribution is 2.46.